The zero-order valence-electron chi connectivity index (χ0n) is 3.89. The molecule has 0 amide bonds. The van der Waals surface area contributed by atoms with Gasteiger partial charge in [0.25, 0.3) is 0 Å². The summed E-state index contributed by atoms with van der Waals surface area (Å²) in [7, 11) is 5.22. The monoisotopic (exact) mass is 92.1 g/mol. The Morgan fingerprint density at radius 2 is 2.71 bits per heavy atom. The van der Waals surface area contributed by atoms with Crippen molar-refractivity contribution in [3.63, 3.8) is 0 Å². The molecule has 0 aromatic rings. The van der Waals surface area contributed by atoms with E-state index in [0.717, 1.165) is 0 Å². The Labute approximate surface area is 43.7 Å². The molecule has 1 rings (SSSR count). The minimum Gasteiger partial charge on any atom is -0.360 e. The second-order valence-corrected chi connectivity index (χ2v) is 1.27. The topological polar surface area (TPSA) is 24.4 Å². The van der Waals surface area contributed by atoms with Crippen molar-refractivity contribution in [2.75, 3.05) is 6.54 Å². The minimum atomic E-state index is 0.502. The van der Waals surface area contributed by atoms with Gasteiger partial charge in [-0.05, 0) is 12.3 Å². The molecule has 0 aromatic carbocycles. The van der Waals surface area contributed by atoms with E-state index in [-0.39, 0.29) is 0 Å². The predicted molar refractivity (Wildman–Crippen MR) is 30.3 cm³/mol. The van der Waals surface area contributed by atoms with Crippen molar-refractivity contribution in [1.82, 2.24) is 5.32 Å². The molecule has 1 N–H and O–H groups in total. The fourth-order valence-corrected chi connectivity index (χ4v) is 0.394. The Morgan fingerprint density at radius 3 is 3.00 bits per heavy atom. The Bertz CT molecular complexity index is 117. The van der Waals surface area contributed by atoms with Crippen LogP contribution in [0, 0.1) is 0 Å². The Morgan fingerprint density at radius 1 is 1.86 bits per heavy atom. The van der Waals surface area contributed by atoms with E-state index < -0.39 is 0 Å². The molecule has 1 aliphatic heterocycles. The maximum Gasteiger partial charge on any atom is 0.166 e. The van der Waals surface area contributed by atoms with Gasteiger partial charge in [0, 0.05) is 5.73 Å². The van der Waals surface area contributed by atoms with Gasteiger partial charge in [0.2, 0.25) is 0 Å². The second kappa shape index (κ2) is 1.82. The SMILES string of the molecule is [B]C1=NCC=CN1. The van der Waals surface area contributed by atoms with E-state index >= 15 is 0 Å². The fourth-order valence-electron chi connectivity index (χ4n) is 0.394. The number of nitrogens with one attached hydrogen (secondary N) is 1. The molecule has 0 saturated carbocycles. The molecule has 0 spiro atoms. The van der Waals surface area contributed by atoms with Crippen LogP contribution in [0.5, 0.6) is 0 Å². The van der Waals surface area contributed by atoms with Crippen molar-refractivity contribution >= 4 is 13.6 Å². The number of hydrogen-bond acceptors (Lipinski definition) is 2. The van der Waals surface area contributed by atoms with Gasteiger partial charge in [-0.15, -0.1) is 0 Å². The zero-order chi connectivity index (χ0) is 5.11. The Balaban J connectivity index is 2.50. The van der Waals surface area contributed by atoms with Gasteiger partial charge in [-0.2, -0.15) is 0 Å². The molecule has 34 valence electrons. The molecule has 7 heavy (non-hydrogen) atoms. The average molecular weight is 91.9 g/mol. The van der Waals surface area contributed by atoms with Gasteiger partial charge >= 0.3 is 0 Å². The van der Waals surface area contributed by atoms with Gasteiger partial charge in [0.1, 0.15) is 0 Å². The van der Waals surface area contributed by atoms with Crippen molar-refractivity contribution in [3.8, 4) is 0 Å². The van der Waals surface area contributed by atoms with E-state index in [1.54, 1.807) is 6.20 Å². The highest BCUT2D eigenvalue weighted by Crippen LogP contribution is 1.79. The molecule has 2 nitrogen and oxygen atoms in total. The van der Waals surface area contributed by atoms with Gasteiger partial charge in [0.15, 0.2) is 7.85 Å². The third kappa shape index (κ3) is 1.07. The average Bonchev–Trinajstić information content (AvgIpc) is 1.69. The molecule has 0 saturated heterocycles. The molecule has 0 bridgehead atoms. The van der Waals surface area contributed by atoms with E-state index in [4.69, 9.17) is 7.85 Å². The van der Waals surface area contributed by atoms with Crippen LogP contribution in [0.3, 0.4) is 0 Å². The first-order valence-corrected chi connectivity index (χ1v) is 2.11. The summed E-state index contributed by atoms with van der Waals surface area (Å²) in [5.74, 6) is 0. The number of amidine groups is 1. The van der Waals surface area contributed by atoms with Gasteiger partial charge < -0.3 is 5.32 Å². The molecule has 3 heteroatoms. The van der Waals surface area contributed by atoms with Crippen LogP contribution in [0.4, 0.5) is 0 Å². The van der Waals surface area contributed by atoms with Crippen LogP contribution in [-0.4, -0.2) is 20.1 Å². The summed E-state index contributed by atoms with van der Waals surface area (Å²) in [6.45, 7) is 0.707. The quantitative estimate of drug-likeness (QED) is 0.405. The molecule has 0 unspecified atom stereocenters. The van der Waals surface area contributed by atoms with Crippen LogP contribution >= 0.6 is 0 Å². The highest BCUT2D eigenvalue weighted by molar-refractivity contribution is 6.59. The lowest BCUT2D eigenvalue weighted by Crippen LogP contribution is -2.19. The lowest BCUT2D eigenvalue weighted by Gasteiger charge is -2.02. The predicted octanol–water partition coefficient (Wildman–Crippen LogP) is -0.372. The number of aliphatic imine (C=N–C) groups is 1. The van der Waals surface area contributed by atoms with Crippen LogP contribution in [0.25, 0.3) is 0 Å². The summed E-state index contributed by atoms with van der Waals surface area (Å²) in [6.07, 6.45) is 3.68. The number of rotatable bonds is 0. The second-order valence-electron chi connectivity index (χ2n) is 1.27. The van der Waals surface area contributed by atoms with Crippen LogP contribution in [0.2, 0.25) is 0 Å². The molecule has 0 atom stereocenters. The van der Waals surface area contributed by atoms with Crippen LogP contribution in [0.1, 0.15) is 0 Å². The van der Waals surface area contributed by atoms with E-state index in [1.807, 2.05) is 6.08 Å². The third-order valence-corrected chi connectivity index (χ3v) is 0.716. The summed E-state index contributed by atoms with van der Waals surface area (Å²) in [5.41, 5.74) is 0.502. The van der Waals surface area contributed by atoms with Gasteiger partial charge in [-0.3, -0.25) is 4.99 Å². The van der Waals surface area contributed by atoms with Crippen molar-refractivity contribution in [2.24, 2.45) is 4.99 Å². The number of nitrogens with zero attached hydrogens (tertiary/aromatic N) is 1. The molecule has 1 aliphatic rings. The zero-order valence-corrected chi connectivity index (χ0v) is 3.89. The fraction of sp³-hybridized carbons (Fsp3) is 0.250. The maximum absolute atomic E-state index is 5.22. The molecular weight excluding hydrogens is 86.9 g/mol. The standard InChI is InChI=1S/C4H5BN2/c5-4-6-2-1-3-7-4/h1-2H,3H2,(H,6,7). The van der Waals surface area contributed by atoms with E-state index in [1.165, 1.54) is 0 Å². The van der Waals surface area contributed by atoms with Crippen LogP contribution in [-0.2, 0) is 0 Å². The molecule has 0 aromatic heterocycles. The van der Waals surface area contributed by atoms with Gasteiger partial charge in [-0.1, -0.05) is 0 Å². The summed E-state index contributed by atoms with van der Waals surface area (Å²) in [4.78, 5) is 3.83. The maximum atomic E-state index is 5.22. The normalized spacial score (nSPS) is 18.0. The third-order valence-electron chi connectivity index (χ3n) is 0.716. The Kier molecular flexibility index (Phi) is 1.15. The molecule has 0 fully saturated rings. The lowest BCUT2D eigenvalue weighted by atomic mass is 10.1. The van der Waals surface area contributed by atoms with E-state index in [9.17, 15) is 0 Å². The van der Waals surface area contributed by atoms with E-state index in [0.29, 0.717) is 12.3 Å². The summed E-state index contributed by atoms with van der Waals surface area (Å²) < 4.78 is 0. The summed E-state index contributed by atoms with van der Waals surface area (Å²) in [5, 5.41) is 2.73. The molecule has 0 aliphatic carbocycles. The minimum absolute atomic E-state index is 0.502. The number of hydrogen-bond donors (Lipinski definition) is 1. The summed E-state index contributed by atoms with van der Waals surface area (Å²) in [6, 6.07) is 0. The van der Waals surface area contributed by atoms with E-state index in [2.05, 4.69) is 10.3 Å². The highest BCUT2D eigenvalue weighted by atomic mass is 15.0. The first-order chi connectivity index (χ1) is 3.39. The Hall–Kier alpha value is -0.725. The first kappa shape index (κ1) is 4.43. The molecular formula is C4H5BN2. The molecule has 1 heterocycles. The lowest BCUT2D eigenvalue weighted by molar-refractivity contribution is 1.12. The van der Waals surface area contributed by atoms with Crippen molar-refractivity contribution in [1.29, 1.82) is 0 Å². The van der Waals surface area contributed by atoms with Crippen molar-refractivity contribution < 1.29 is 0 Å². The van der Waals surface area contributed by atoms with Crippen LogP contribution < -0.4 is 5.32 Å². The largest absolute Gasteiger partial charge is 0.360 e. The highest BCUT2D eigenvalue weighted by Gasteiger charge is 1.85. The smallest absolute Gasteiger partial charge is 0.166 e. The molecule has 2 radical (unpaired) electrons. The van der Waals surface area contributed by atoms with Crippen molar-refractivity contribution in [3.05, 3.63) is 12.3 Å². The van der Waals surface area contributed by atoms with Gasteiger partial charge in [-0.25, -0.2) is 0 Å². The van der Waals surface area contributed by atoms with Crippen LogP contribution in [0.15, 0.2) is 17.3 Å². The first-order valence-electron chi connectivity index (χ1n) is 2.11. The van der Waals surface area contributed by atoms with Crippen molar-refractivity contribution in [2.45, 2.75) is 0 Å². The summed E-state index contributed by atoms with van der Waals surface area (Å²) >= 11 is 0. The van der Waals surface area contributed by atoms with Gasteiger partial charge in [0.05, 0.1) is 6.54 Å².